The Morgan fingerprint density at radius 3 is 3.04 bits per heavy atom. The van der Waals surface area contributed by atoms with E-state index in [1.807, 2.05) is 16.8 Å². The van der Waals surface area contributed by atoms with Crippen molar-refractivity contribution < 1.29 is 4.42 Å². The number of guanidine groups is 1. The number of nitrogens with one attached hydrogen (secondary N) is 2. The average Bonchev–Trinajstić information content (AvgIpc) is 3.23. The maximum Gasteiger partial charge on any atom is 0.191 e. The molecule has 8 heteroatoms. The van der Waals surface area contributed by atoms with Crippen LogP contribution in [-0.2, 0) is 25.8 Å². The minimum absolute atomic E-state index is 0. The first kappa shape index (κ1) is 19.7. The highest BCUT2D eigenvalue weighted by molar-refractivity contribution is 14.0. The van der Waals surface area contributed by atoms with Gasteiger partial charge in [-0.1, -0.05) is 6.92 Å². The standard InChI is InChI=1S/C17H26N6O.HI/c1-3-15-21-16-8-7-13(12-23(16)22-15)20-17(18-4-2)19-10-9-14-6-5-11-24-14;/h5-6,11,13H,3-4,7-10,12H2,1-2H3,(H2,18,19,20);1H. The summed E-state index contributed by atoms with van der Waals surface area (Å²) in [6, 6.07) is 4.21. The first-order valence-corrected chi connectivity index (χ1v) is 8.78. The number of furan rings is 1. The third kappa shape index (κ3) is 5.45. The van der Waals surface area contributed by atoms with Crippen LogP contribution in [0.5, 0.6) is 0 Å². The van der Waals surface area contributed by atoms with Gasteiger partial charge in [-0.05, 0) is 25.5 Å². The van der Waals surface area contributed by atoms with Crippen molar-refractivity contribution in [2.24, 2.45) is 4.99 Å². The Morgan fingerprint density at radius 2 is 2.32 bits per heavy atom. The third-order valence-corrected chi connectivity index (χ3v) is 4.11. The number of aliphatic imine (C=N–C) groups is 1. The molecule has 138 valence electrons. The van der Waals surface area contributed by atoms with E-state index in [1.165, 1.54) is 0 Å². The van der Waals surface area contributed by atoms with Crippen molar-refractivity contribution in [2.75, 3.05) is 13.1 Å². The zero-order valence-electron chi connectivity index (χ0n) is 14.9. The summed E-state index contributed by atoms with van der Waals surface area (Å²) in [6.07, 6.45) is 5.39. The number of nitrogens with zero attached hydrogens (tertiary/aromatic N) is 4. The minimum Gasteiger partial charge on any atom is -0.469 e. The van der Waals surface area contributed by atoms with E-state index >= 15 is 0 Å². The lowest BCUT2D eigenvalue weighted by molar-refractivity contribution is 0.392. The summed E-state index contributed by atoms with van der Waals surface area (Å²) < 4.78 is 7.38. The minimum atomic E-state index is 0. The number of fused-ring (bicyclic) bond motifs is 1. The average molecular weight is 458 g/mol. The second kappa shape index (κ2) is 9.79. The van der Waals surface area contributed by atoms with Crippen LogP contribution in [0.15, 0.2) is 27.8 Å². The number of hydrogen-bond acceptors (Lipinski definition) is 4. The van der Waals surface area contributed by atoms with Gasteiger partial charge >= 0.3 is 0 Å². The predicted octanol–water partition coefficient (Wildman–Crippen LogP) is 2.16. The van der Waals surface area contributed by atoms with E-state index in [0.29, 0.717) is 12.6 Å². The summed E-state index contributed by atoms with van der Waals surface area (Å²) in [7, 11) is 0. The molecule has 0 bridgehead atoms. The van der Waals surface area contributed by atoms with E-state index in [4.69, 9.17) is 4.42 Å². The van der Waals surface area contributed by atoms with Crippen LogP contribution in [0.25, 0.3) is 0 Å². The number of aromatic nitrogens is 3. The van der Waals surface area contributed by atoms with E-state index in [0.717, 1.165) is 62.1 Å². The van der Waals surface area contributed by atoms with Gasteiger partial charge in [-0.3, -0.25) is 4.99 Å². The molecule has 25 heavy (non-hydrogen) atoms. The van der Waals surface area contributed by atoms with E-state index in [2.05, 4.69) is 39.6 Å². The van der Waals surface area contributed by atoms with Crippen LogP contribution >= 0.6 is 24.0 Å². The monoisotopic (exact) mass is 458 g/mol. The molecule has 1 unspecified atom stereocenters. The lowest BCUT2D eigenvalue weighted by atomic mass is 10.1. The summed E-state index contributed by atoms with van der Waals surface area (Å²) in [5.74, 6) is 3.86. The number of halogens is 1. The summed E-state index contributed by atoms with van der Waals surface area (Å²) >= 11 is 0. The number of aryl methyl sites for hydroxylation is 2. The van der Waals surface area contributed by atoms with Gasteiger partial charge in [0.25, 0.3) is 0 Å². The lowest BCUT2D eigenvalue weighted by Crippen LogP contribution is -2.47. The predicted molar refractivity (Wildman–Crippen MR) is 108 cm³/mol. The normalized spacial score (nSPS) is 16.9. The zero-order chi connectivity index (χ0) is 16.8. The number of rotatable bonds is 6. The molecular weight excluding hydrogens is 431 g/mol. The highest BCUT2D eigenvalue weighted by atomic mass is 127. The fraction of sp³-hybridized carbons (Fsp3) is 0.588. The Bertz CT molecular complexity index is 667. The van der Waals surface area contributed by atoms with Crippen LogP contribution in [0, 0.1) is 0 Å². The van der Waals surface area contributed by atoms with E-state index in [9.17, 15) is 0 Å². The van der Waals surface area contributed by atoms with Crippen LogP contribution in [0.4, 0.5) is 0 Å². The van der Waals surface area contributed by atoms with Gasteiger partial charge in [0.2, 0.25) is 0 Å². The van der Waals surface area contributed by atoms with Gasteiger partial charge in [-0.2, -0.15) is 5.10 Å². The SMILES string of the molecule is CCNC(=NCCc1ccco1)NC1CCc2nc(CC)nn2C1.I. The van der Waals surface area contributed by atoms with Crippen molar-refractivity contribution in [1.29, 1.82) is 0 Å². The maximum atomic E-state index is 5.35. The van der Waals surface area contributed by atoms with Crippen molar-refractivity contribution in [3.05, 3.63) is 35.8 Å². The Kier molecular flexibility index (Phi) is 7.73. The summed E-state index contributed by atoms with van der Waals surface area (Å²) in [4.78, 5) is 9.21. The molecule has 1 aliphatic rings. The molecule has 0 amide bonds. The van der Waals surface area contributed by atoms with Gasteiger partial charge in [0, 0.05) is 38.4 Å². The van der Waals surface area contributed by atoms with E-state index in [-0.39, 0.29) is 24.0 Å². The summed E-state index contributed by atoms with van der Waals surface area (Å²) in [5, 5.41) is 11.4. The smallest absolute Gasteiger partial charge is 0.191 e. The van der Waals surface area contributed by atoms with Crippen LogP contribution < -0.4 is 10.6 Å². The fourth-order valence-corrected chi connectivity index (χ4v) is 2.87. The Balaban J connectivity index is 0.00000225. The molecule has 0 aliphatic carbocycles. The van der Waals surface area contributed by atoms with Crippen molar-refractivity contribution in [2.45, 2.75) is 52.1 Å². The maximum absolute atomic E-state index is 5.35. The fourth-order valence-electron chi connectivity index (χ4n) is 2.87. The summed E-state index contributed by atoms with van der Waals surface area (Å²) in [6.45, 7) is 6.54. The van der Waals surface area contributed by atoms with Gasteiger partial charge in [-0.15, -0.1) is 24.0 Å². The molecular formula is C17H27IN6O. The van der Waals surface area contributed by atoms with Crippen molar-refractivity contribution in [3.8, 4) is 0 Å². The number of hydrogen-bond donors (Lipinski definition) is 2. The molecule has 1 atom stereocenters. The van der Waals surface area contributed by atoms with Crippen molar-refractivity contribution in [1.82, 2.24) is 25.4 Å². The molecule has 0 saturated heterocycles. The largest absolute Gasteiger partial charge is 0.469 e. The van der Waals surface area contributed by atoms with Gasteiger partial charge in [0.05, 0.1) is 12.8 Å². The molecule has 2 N–H and O–H groups in total. The molecule has 2 aromatic rings. The quantitative estimate of drug-likeness (QED) is 0.394. The Labute approximate surface area is 165 Å². The van der Waals surface area contributed by atoms with Crippen LogP contribution in [0.1, 0.15) is 37.7 Å². The highest BCUT2D eigenvalue weighted by Crippen LogP contribution is 2.13. The molecule has 3 heterocycles. The molecule has 0 aromatic carbocycles. The molecule has 2 aromatic heterocycles. The molecule has 0 fully saturated rings. The van der Waals surface area contributed by atoms with E-state index < -0.39 is 0 Å². The topological polar surface area (TPSA) is 80.3 Å². The van der Waals surface area contributed by atoms with Crippen LogP contribution in [0.3, 0.4) is 0 Å². The van der Waals surface area contributed by atoms with Crippen molar-refractivity contribution >= 4 is 29.9 Å². The van der Waals surface area contributed by atoms with Gasteiger partial charge in [0.1, 0.15) is 11.6 Å². The van der Waals surface area contributed by atoms with Crippen LogP contribution in [-0.4, -0.2) is 39.9 Å². The summed E-state index contributed by atoms with van der Waals surface area (Å²) in [5.41, 5.74) is 0. The van der Waals surface area contributed by atoms with Gasteiger partial charge < -0.3 is 15.1 Å². The first-order chi connectivity index (χ1) is 11.8. The van der Waals surface area contributed by atoms with E-state index in [1.54, 1.807) is 6.26 Å². The van der Waals surface area contributed by atoms with Crippen LogP contribution in [0.2, 0.25) is 0 Å². The van der Waals surface area contributed by atoms with Gasteiger partial charge in [-0.25, -0.2) is 9.67 Å². The molecule has 7 nitrogen and oxygen atoms in total. The third-order valence-electron chi connectivity index (χ3n) is 4.11. The molecule has 0 saturated carbocycles. The first-order valence-electron chi connectivity index (χ1n) is 8.78. The Morgan fingerprint density at radius 1 is 1.44 bits per heavy atom. The molecule has 0 radical (unpaired) electrons. The Hall–Kier alpha value is -1.58. The van der Waals surface area contributed by atoms with Crippen molar-refractivity contribution in [3.63, 3.8) is 0 Å². The zero-order valence-corrected chi connectivity index (χ0v) is 17.2. The molecule has 3 rings (SSSR count). The second-order valence-corrected chi connectivity index (χ2v) is 5.95. The molecule has 1 aliphatic heterocycles. The molecule has 0 spiro atoms. The second-order valence-electron chi connectivity index (χ2n) is 5.95. The van der Waals surface area contributed by atoms with Gasteiger partial charge in [0.15, 0.2) is 11.8 Å². The highest BCUT2D eigenvalue weighted by Gasteiger charge is 2.21. The lowest BCUT2D eigenvalue weighted by Gasteiger charge is -2.25.